The number of hydrogen-bond acceptors (Lipinski definition) is 2. The zero-order valence-corrected chi connectivity index (χ0v) is 16.1. The van der Waals surface area contributed by atoms with Crippen molar-refractivity contribution in [3.8, 4) is 0 Å². The lowest BCUT2D eigenvalue weighted by Crippen LogP contribution is -2.44. The predicted molar refractivity (Wildman–Crippen MR) is 100 cm³/mol. The van der Waals surface area contributed by atoms with E-state index in [9.17, 15) is 4.79 Å². The average molecular weight is 402 g/mol. The van der Waals surface area contributed by atoms with E-state index in [1.165, 1.54) is 12.0 Å². The van der Waals surface area contributed by atoms with Crippen molar-refractivity contribution in [2.24, 2.45) is 5.92 Å². The quantitative estimate of drug-likeness (QED) is 0.815. The number of nitrogens with zero attached hydrogens (tertiary/aromatic N) is 1. The Bertz CT molecular complexity index is 540. The summed E-state index contributed by atoms with van der Waals surface area (Å²) >= 11 is 3.53. The first kappa shape index (κ1) is 18.8. The molecule has 0 unspecified atom stereocenters. The largest absolute Gasteiger partial charge is 0.342 e. The SMILES string of the molecule is CNCCC1CCN(C(=O)C2(c3cccc(Br)c3)CC2)CC1.Cl. The third-order valence-electron chi connectivity index (χ3n) is 5.24. The van der Waals surface area contributed by atoms with Crippen LogP contribution in [0.3, 0.4) is 0 Å². The van der Waals surface area contributed by atoms with Gasteiger partial charge in [-0.05, 0) is 69.3 Å². The van der Waals surface area contributed by atoms with Crippen LogP contribution in [0.1, 0.15) is 37.7 Å². The fourth-order valence-corrected chi connectivity index (χ4v) is 4.01. The first-order valence-electron chi connectivity index (χ1n) is 8.36. The van der Waals surface area contributed by atoms with Crippen molar-refractivity contribution in [1.82, 2.24) is 10.2 Å². The number of likely N-dealkylation sites (tertiary alicyclic amines) is 1. The Morgan fingerprint density at radius 1 is 1.35 bits per heavy atom. The average Bonchev–Trinajstić information content (AvgIpc) is 3.34. The molecule has 1 aromatic rings. The van der Waals surface area contributed by atoms with Crippen molar-refractivity contribution < 1.29 is 4.79 Å². The summed E-state index contributed by atoms with van der Waals surface area (Å²) in [4.78, 5) is 15.1. The van der Waals surface area contributed by atoms with Crippen LogP contribution in [0.5, 0.6) is 0 Å². The molecule has 0 atom stereocenters. The summed E-state index contributed by atoms with van der Waals surface area (Å²) in [6.45, 7) is 2.95. The van der Waals surface area contributed by atoms with Gasteiger partial charge in [-0.1, -0.05) is 28.1 Å². The minimum atomic E-state index is -0.221. The summed E-state index contributed by atoms with van der Waals surface area (Å²) in [6, 6.07) is 8.29. The lowest BCUT2D eigenvalue weighted by molar-refractivity contribution is -0.135. The van der Waals surface area contributed by atoms with Crippen LogP contribution in [0.2, 0.25) is 0 Å². The van der Waals surface area contributed by atoms with Crippen molar-refractivity contribution >= 4 is 34.2 Å². The molecule has 23 heavy (non-hydrogen) atoms. The first-order chi connectivity index (χ1) is 10.7. The van der Waals surface area contributed by atoms with Crippen LogP contribution >= 0.6 is 28.3 Å². The zero-order chi connectivity index (χ0) is 15.6. The highest BCUT2D eigenvalue weighted by atomic mass is 79.9. The van der Waals surface area contributed by atoms with Gasteiger partial charge in [-0.15, -0.1) is 12.4 Å². The molecular weight excluding hydrogens is 376 g/mol. The fourth-order valence-electron chi connectivity index (χ4n) is 3.61. The second kappa shape index (κ2) is 8.00. The molecule has 5 heteroatoms. The highest BCUT2D eigenvalue weighted by Gasteiger charge is 2.53. The van der Waals surface area contributed by atoms with E-state index in [4.69, 9.17) is 0 Å². The van der Waals surface area contributed by atoms with Crippen LogP contribution in [0.4, 0.5) is 0 Å². The third kappa shape index (κ3) is 4.09. The second-order valence-electron chi connectivity index (χ2n) is 6.72. The molecule has 0 aromatic heterocycles. The number of carbonyl (C=O) groups excluding carboxylic acids is 1. The summed E-state index contributed by atoms with van der Waals surface area (Å²) in [5, 5.41) is 3.23. The topological polar surface area (TPSA) is 32.3 Å². The van der Waals surface area contributed by atoms with Crippen LogP contribution in [-0.4, -0.2) is 37.5 Å². The van der Waals surface area contributed by atoms with Gasteiger partial charge in [-0.3, -0.25) is 4.79 Å². The second-order valence-corrected chi connectivity index (χ2v) is 7.64. The highest BCUT2D eigenvalue weighted by Crippen LogP contribution is 2.50. The molecule has 128 valence electrons. The fraction of sp³-hybridized carbons (Fsp3) is 0.611. The molecule has 3 rings (SSSR count). The van der Waals surface area contributed by atoms with Gasteiger partial charge in [0.1, 0.15) is 0 Å². The standard InChI is InChI=1S/C18H25BrN2O.ClH/c1-20-10-5-14-6-11-21(12-7-14)17(22)18(8-9-18)15-3-2-4-16(19)13-15;/h2-4,13-14,20H,5-12H2,1H3;1H. The van der Waals surface area contributed by atoms with Gasteiger partial charge in [-0.25, -0.2) is 0 Å². The van der Waals surface area contributed by atoms with Crippen LogP contribution in [0.25, 0.3) is 0 Å². The molecule has 1 aliphatic carbocycles. The number of nitrogens with one attached hydrogen (secondary N) is 1. The predicted octanol–water partition coefficient (Wildman–Crippen LogP) is 3.75. The van der Waals surface area contributed by atoms with Gasteiger partial charge >= 0.3 is 0 Å². The molecular formula is C18H26BrClN2O. The maximum Gasteiger partial charge on any atom is 0.233 e. The lowest BCUT2D eigenvalue weighted by atomic mass is 9.90. The number of benzene rings is 1. The van der Waals surface area contributed by atoms with E-state index < -0.39 is 0 Å². The maximum atomic E-state index is 13.0. The van der Waals surface area contributed by atoms with Crippen molar-refractivity contribution in [1.29, 1.82) is 0 Å². The van der Waals surface area contributed by atoms with Crippen molar-refractivity contribution in [2.75, 3.05) is 26.7 Å². The number of piperidine rings is 1. The van der Waals surface area contributed by atoms with E-state index in [0.29, 0.717) is 5.91 Å². The highest BCUT2D eigenvalue weighted by molar-refractivity contribution is 9.10. The third-order valence-corrected chi connectivity index (χ3v) is 5.73. The number of rotatable bonds is 5. The Morgan fingerprint density at radius 3 is 2.61 bits per heavy atom. The number of carbonyl (C=O) groups is 1. The van der Waals surface area contributed by atoms with Crippen LogP contribution < -0.4 is 5.32 Å². The van der Waals surface area contributed by atoms with Crippen LogP contribution in [0, 0.1) is 5.92 Å². The Balaban J connectivity index is 0.00000192. The molecule has 0 radical (unpaired) electrons. The normalized spacial score (nSPS) is 20.0. The van der Waals surface area contributed by atoms with Gasteiger partial charge < -0.3 is 10.2 Å². The minimum Gasteiger partial charge on any atom is -0.342 e. The molecule has 1 saturated heterocycles. The Morgan fingerprint density at radius 2 is 2.04 bits per heavy atom. The number of halogens is 2. The maximum absolute atomic E-state index is 13.0. The van der Waals surface area contributed by atoms with E-state index >= 15 is 0 Å². The van der Waals surface area contributed by atoms with E-state index in [1.807, 2.05) is 19.2 Å². The number of amides is 1. The first-order valence-corrected chi connectivity index (χ1v) is 9.15. The molecule has 1 saturated carbocycles. The van der Waals surface area contributed by atoms with Gasteiger partial charge in [-0.2, -0.15) is 0 Å². The zero-order valence-electron chi connectivity index (χ0n) is 13.7. The molecule has 3 nitrogen and oxygen atoms in total. The monoisotopic (exact) mass is 400 g/mol. The lowest BCUT2D eigenvalue weighted by Gasteiger charge is -2.34. The summed E-state index contributed by atoms with van der Waals surface area (Å²) < 4.78 is 1.06. The van der Waals surface area contributed by atoms with E-state index in [0.717, 1.165) is 55.7 Å². The summed E-state index contributed by atoms with van der Waals surface area (Å²) in [7, 11) is 2.01. The summed E-state index contributed by atoms with van der Waals surface area (Å²) in [5.74, 6) is 1.13. The van der Waals surface area contributed by atoms with Gasteiger partial charge in [0.2, 0.25) is 5.91 Å². The van der Waals surface area contributed by atoms with Gasteiger partial charge in [0, 0.05) is 17.6 Å². The minimum absolute atomic E-state index is 0. The van der Waals surface area contributed by atoms with Crippen molar-refractivity contribution in [3.63, 3.8) is 0 Å². The molecule has 2 aliphatic rings. The molecule has 1 amide bonds. The van der Waals surface area contributed by atoms with Gasteiger partial charge in [0.15, 0.2) is 0 Å². The molecule has 1 N–H and O–H groups in total. The van der Waals surface area contributed by atoms with E-state index in [2.05, 4.69) is 38.3 Å². The molecule has 1 aliphatic heterocycles. The molecule has 2 fully saturated rings. The summed E-state index contributed by atoms with van der Waals surface area (Å²) in [6.07, 6.45) is 5.54. The molecule has 0 spiro atoms. The Labute approximate surface area is 153 Å². The smallest absolute Gasteiger partial charge is 0.233 e. The molecule has 0 bridgehead atoms. The number of hydrogen-bond donors (Lipinski definition) is 1. The van der Waals surface area contributed by atoms with Gasteiger partial charge in [0.25, 0.3) is 0 Å². The summed E-state index contributed by atoms with van der Waals surface area (Å²) in [5.41, 5.74) is 0.964. The molecule has 1 aromatic carbocycles. The van der Waals surface area contributed by atoms with Crippen molar-refractivity contribution in [2.45, 2.75) is 37.5 Å². The van der Waals surface area contributed by atoms with Crippen LogP contribution in [0.15, 0.2) is 28.7 Å². The van der Waals surface area contributed by atoms with Gasteiger partial charge in [0.05, 0.1) is 5.41 Å². The Hall–Kier alpha value is -0.580. The van der Waals surface area contributed by atoms with E-state index in [1.54, 1.807) is 0 Å². The Kier molecular flexibility index (Phi) is 6.52. The molecule has 1 heterocycles. The van der Waals surface area contributed by atoms with E-state index in [-0.39, 0.29) is 17.8 Å². The van der Waals surface area contributed by atoms with Crippen molar-refractivity contribution in [3.05, 3.63) is 34.3 Å². The van der Waals surface area contributed by atoms with Crippen LogP contribution in [-0.2, 0) is 10.2 Å².